The number of likely N-dealkylation sites (N-methyl/N-ethyl adjacent to an activating group) is 1. The molecule has 0 aliphatic rings. The average Bonchev–Trinajstić information content (AvgIpc) is 2.26. The second-order valence-electron chi connectivity index (χ2n) is 3.64. The summed E-state index contributed by atoms with van der Waals surface area (Å²) in [6.07, 6.45) is 3.29. The van der Waals surface area contributed by atoms with Crippen molar-refractivity contribution in [3.63, 3.8) is 0 Å². The molecule has 4 nitrogen and oxygen atoms in total. The average molecular weight is 219 g/mol. The molecular formula is C12H17N3O. The van der Waals surface area contributed by atoms with E-state index >= 15 is 0 Å². The number of hydrogen-bond acceptors (Lipinski definition) is 2. The predicted octanol–water partition coefficient (Wildman–Crippen LogP) is 2.51. The molecule has 0 atom stereocenters. The van der Waals surface area contributed by atoms with E-state index in [-0.39, 0.29) is 6.03 Å². The molecule has 0 aliphatic heterocycles. The topological polar surface area (TPSA) is 45.2 Å². The van der Waals surface area contributed by atoms with Gasteiger partial charge in [0.05, 0.1) is 11.9 Å². The number of rotatable bonds is 4. The maximum atomic E-state index is 11.8. The van der Waals surface area contributed by atoms with Gasteiger partial charge in [0.25, 0.3) is 0 Å². The van der Waals surface area contributed by atoms with Crippen molar-refractivity contribution in [3.05, 3.63) is 36.7 Å². The molecule has 0 bridgehead atoms. The van der Waals surface area contributed by atoms with E-state index in [1.807, 2.05) is 13.8 Å². The van der Waals surface area contributed by atoms with Gasteiger partial charge in [-0.3, -0.25) is 4.98 Å². The van der Waals surface area contributed by atoms with Gasteiger partial charge in [-0.15, -0.1) is 0 Å². The summed E-state index contributed by atoms with van der Waals surface area (Å²) in [5.74, 6) is 0. The van der Waals surface area contributed by atoms with Crippen LogP contribution < -0.4 is 5.32 Å². The summed E-state index contributed by atoms with van der Waals surface area (Å²) in [4.78, 5) is 17.4. The smallest absolute Gasteiger partial charge is 0.321 e. The van der Waals surface area contributed by atoms with E-state index in [9.17, 15) is 4.79 Å². The number of nitrogens with zero attached hydrogens (tertiary/aromatic N) is 2. The highest BCUT2D eigenvalue weighted by atomic mass is 16.2. The van der Waals surface area contributed by atoms with Crippen molar-refractivity contribution in [1.29, 1.82) is 0 Å². The van der Waals surface area contributed by atoms with Gasteiger partial charge in [-0.25, -0.2) is 4.79 Å². The third-order valence-electron chi connectivity index (χ3n) is 2.04. The van der Waals surface area contributed by atoms with Gasteiger partial charge in [0.2, 0.25) is 0 Å². The molecule has 0 saturated heterocycles. The van der Waals surface area contributed by atoms with E-state index in [2.05, 4.69) is 16.9 Å². The number of aromatic nitrogens is 1. The Hall–Kier alpha value is -1.84. The zero-order chi connectivity index (χ0) is 12.0. The van der Waals surface area contributed by atoms with Crippen molar-refractivity contribution < 1.29 is 4.79 Å². The van der Waals surface area contributed by atoms with E-state index in [1.54, 1.807) is 29.4 Å². The van der Waals surface area contributed by atoms with E-state index < -0.39 is 0 Å². The third-order valence-corrected chi connectivity index (χ3v) is 2.04. The Morgan fingerprint density at radius 2 is 2.38 bits per heavy atom. The van der Waals surface area contributed by atoms with Gasteiger partial charge in [-0.05, 0) is 26.0 Å². The maximum absolute atomic E-state index is 11.8. The number of urea groups is 1. The van der Waals surface area contributed by atoms with E-state index in [0.717, 1.165) is 5.57 Å². The molecule has 0 radical (unpaired) electrons. The molecule has 1 aromatic rings. The summed E-state index contributed by atoms with van der Waals surface area (Å²) in [7, 11) is 0. The van der Waals surface area contributed by atoms with Gasteiger partial charge in [0.15, 0.2) is 0 Å². The molecule has 4 heteroatoms. The minimum atomic E-state index is -0.126. The number of amides is 2. The Kier molecular flexibility index (Phi) is 4.51. The number of pyridine rings is 1. The molecule has 0 aliphatic carbocycles. The summed E-state index contributed by atoms with van der Waals surface area (Å²) in [5.41, 5.74) is 1.66. The number of carbonyl (C=O) groups excluding carboxylic acids is 1. The molecule has 86 valence electrons. The Labute approximate surface area is 96.0 Å². The fourth-order valence-electron chi connectivity index (χ4n) is 1.29. The Bertz CT molecular complexity index is 362. The van der Waals surface area contributed by atoms with E-state index in [4.69, 9.17) is 0 Å². The fourth-order valence-corrected chi connectivity index (χ4v) is 1.29. The van der Waals surface area contributed by atoms with Crippen molar-refractivity contribution in [1.82, 2.24) is 9.88 Å². The third kappa shape index (κ3) is 3.73. The lowest BCUT2D eigenvalue weighted by Gasteiger charge is -2.21. The van der Waals surface area contributed by atoms with E-state index in [1.165, 1.54) is 0 Å². The molecular weight excluding hydrogens is 202 g/mol. The van der Waals surface area contributed by atoms with Gasteiger partial charge in [-0.1, -0.05) is 12.2 Å². The molecule has 0 aromatic carbocycles. The van der Waals surface area contributed by atoms with Crippen LogP contribution in [0.5, 0.6) is 0 Å². The lowest BCUT2D eigenvalue weighted by atomic mass is 10.3. The molecule has 1 aromatic heterocycles. The zero-order valence-corrected chi connectivity index (χ0v) is 9.73. The lowest BCUT2D eigenvalue weighted by molar-refractivity contribution is 0.218. The van der Waals surface area contributed by atoms with Crippen LogP contribution in [0.4, 0.5) is 10.5 Å². The lowest BCUT2D eigenvalue weighted by Crippen LogP contribution is -2.35. The first-order chi connectivity index (χ1) is 7.63. The Balaban J connectivity index is 2.59. The highest BCUT2D eigenvalue weighted by molar-refractivity contribution is 5.89. The molecule has 0 spiro atoms. The molecule has 1 N–H and O–H groups in total. The van der Waals surface area contributed by atoms with Crippen molar-refractivity contribution in [2.45, 2.75) is 13.8 Å². The van der Waals surface area contributed by atoms with E-state index in [0.29, 0.717) is 18.8 Å². The second kappa shape index (κ2) is 5.90. The number of carbonyl (C=O) groups is 1. The summed E-state index contributed by atoms with van der Waals surface area (Å²) >= 11 is 0. The van der Waals surface area contributed by atoms with Gasteiger partial charge in [-0.2, -0.15) is 0 Å². The molecule has 2 amide bonds. The predicted molar refractivity (Wildman–Crippen MR) is 65.3 cm³/mol. The highest BCUT2D eigenvalue weighted by Gasteiger charge is 2.11. The van der Waals surface area contributed by atoms with Gasteiger partial charge >= 0.3 is 6.03 Å². The largest absolute Gasteiger partial charge is 0.322 e. The minimum Gasteiger partial charge on any atom is -0.321 e. The number of nitrogens with one attached hydrogen (secondary N) is 1. The van der Waals surface area contributed by atoms with Crippen LogP contribution >= 0.6 is 0 Å². The van der Waals surface area contributed by atoms with Crippen molar-refractivity contribution in [2.24, 2.45) is 0 Å². The summed E-state index contributed by atoms with van der Waals surface area (Å²) in [6.45, 7) is 8.86. The van der Waals surface area contributed by atoms with Crippen molar-refractivity contribution >= 4 is 11.7 Å². The molecule has 0 unspecified atom stereocenters. The molecule has 0 fully saturated rings. The van der Waals surface area contributed by atoms with Crippen LogP contribution in [0.15, 0.2) is 36.7 Å². The zero-order valence-electron chi connectivity index (χ0n) is 9.73. The van der Waals surface area contributed by atoms with Gasteiger partial charge < -0.3 is 10.2 Å². The first-order valence-corrected chi connectivity index (χ1v) is 5.23. The minimum absolute atomic E-state index is 0.126. The quantitative estimate of drug-likeness (QED) is 0.791. The molecule has 1 heterocycles. The van der Waals surface area contributed by atoms with Gasteiger partial charge in [0, 0.05) is 19.3 Å². The monoisotopic (exact) mass is 219 g/mol. The van der Waals surface area contributed by atoms with Crippen LogP contribution in [0.25, 0.3) is 0 Å². The van der Waals surface area contributed by atoms with Crippen LogP contribution in [0.3, 0.4) is 0 Å². The molecule has 1 rings (SSSR count). The standard InChI is InChI=1S/C12H17N3O/c1-4-15(9-10(2)3)12(16)14-11-6-5-7-13-8-11/h5-8H,2,4,9H2,1,3H3,(H,14,16). The number of hydrogen-bond donors (Lipinski definition) is 1. The van der Waals surface area contributed by atoms with Crippen LogP contribution in [0, 0.1) is 0 Å². The van der Waals surface area contributed by atoms with Crippen molar-refractivity contribution in [2.75, 3.05) is 18.4 Å². The second-order valence-corrected chi connectivity index (χ2v) is 3.64. The molecule has 0 saturated carbocycles. The highest BCUT2D eigenvalue weighted by Crippen LogP contribution is 2.05. The van der Waals surface area contributed by atoms with Crippen LogP contribution in [0.1, 0.15) is 13.8 Å². The Morgan fingerprint density at radius 1 is 1.62 bits per heavy atom. The van der Waals surface area contributed by atoms with Crippen molar-refractivity contribution in [3.8, 4) is 0 Å². The normalized spacial score (nSPS) is 9.62. The Morgan fingerprint density at radius 3 is 2.88 bits per heavy atom. The van der Waals surface area contributed by atoms with Crippen LogP contribution in [-0.4, -0.2) is 29.0 Å². The SMILES string of the molecule is C=C(C)CN(CC)C(=O)Nc1cccnc1. The summed E-state index contributed by atoms with van der Waals surface area (Å²) in [5, 5.41) is 2.78. The van der Waals surface area contributed by atoms with Gasteiger partial charge in [0.1, 0.15) is 0 Å². The summed E-state index contributed by atoms with van der Waals surface area (Å²) < 4.78 is 0. The fraction of sp³-hybridized carbons (Fsp3) is 0.333. The first kappa shape index (κ1) is 12.2. The maximum Gasteiger partial charge on any atom is 0.322 e. The summed E-state index contributed by atoms with van der Waals surface area (Å²) in [6, 6.07) is 3.46. The van der Waals surface area contributed by atoms with Crippen LogP contribution in [-0.2, 0) is 0 Å². The first-order valence-electron chi connectivity index (χ1n) is 5.23. The van der Waals surface area contributed by atoms with Crippen LogP contribution in [0.2, 0.25) is 0 Å². The number of anilines is 1. The molecule has 16 heavy (non-hydrogen) atoms.